The number of nitrogens with zero attached hydrogens (tertiary/aromatic N) is 1. The van der Waals surface area contributed by atoms with Crippen molar-refractivity contribution in [2.45, 2.75) is 38.1 Å². The molecular weight excluding hydrogens is 262 g/mol. The molecule has 1 unspecified atom stereocenters. The summed E-state index contributed by atoms with van der Waals surface area (Å²) in [6.45, 7) is 2.05. The van der Waals surface area contributed by atoms with E-state index in [2.05, 4.69) is 11.0 Å². The summed E-state index contributed by atoms with van der Waals surface area (Å²) in [5.74, 6) is -0.705. The first-order valence-corrected chi connectivity index (χ1v) is 7.26. The number of carbonyl (C=O) groups is 1. The number of likely N-dealkylation sites (tertiary alicyclic amines) is 1. The van der Waals surface area contributed by atoms with Crippen LogP contribution in [0.4, 0.5) is 0 Å². The molecular formula is C15H20ClNO2. The number of carboxylic acids is 1. The maximum atomic E-state index is 10.5. The largest absolute Gasteiger partial charge is 0.481 e. The van der Waals surface area contributed by atoms with Crippen LogP contribution in [-0.4, -0.2) is 29.1 Å². The lowest BCUT2D eigenvalue weighted by atomic mass is 10.0. The zero-order valence-corrected chi connectivity index (χ0v) is 11.8. The van der Waals surface area contributed by atoms with Crippen LogP contribution in [0.2, 0.25) is 5.02 Å². The average Bonchev–Trinajstić information content (AvgIpc) is 2.83. The maximum Gasteiger partial charge on any atom is 0.303 e. The Kier molecular flexibility index (Phi) is 5.23. The lowest BCUT2D eigenvalue weighted by Crippen LogP contribution is -2.24. The van der Waals surface area contributed by atoms with E-state index in [0.717, 1.165) is 37.4 Å². The lowest BCUT2D eigenvalue weighted by Gasteiger charge is -2.25. The monoisotopic (exact) mass is 281 g/mol. The third kappa shape index (κ3) is 3.95. The molecule has 1 N–H and O–H groups in total. The van der Waals surface area contributed by atoms with Crippen LogP contribution in [-0.2, 0) is 4.79 Å². The summed E-state index contributed by atoms with van der Waals surface area (Å²) in [6, 6.07) is 8.43. The number of halogens is 1. The molecule has 0 aliphatic carbocycles. The first-order chi connectivity index (χ1) is 9.18. The zero-order chi connectivity index (χ0) is 13.7. The van der Waals surface area contributed by atoms with Gasteiger partial charge in [-0.1, -0.05) is 29.8 Å². The van der Waals surface area contributed by atoms with E-state index in [1.54, 1.807) is 0 Å². The Bertz CT molecular complexity index is 436. The van der Waals surface area contributed by atoms with E-state index in [4.69, 9.17) is 16.7 Å². The van der Waals surface area contributed by atoms with E-state index in [1.807, 2.05) is 18.2 Å². The molecule has 0 amide bonds. The Morgan fingerprint density at radius 1 is 1.37 bits per heavy atom. The van der Waals surface area contributed by atoms with Gasteiger partial charge in [0.05, 0.1) is 0 Å². The van der Waals surface area contributed by atoms with Crippen LogP contribution in [0.5, 0.6) is 0 Å². The molecule has 1 aliphatic rings. The van der Waals surface area contributed by atoms with Gasteiger partial charge in [0.1, 0.15) is 0 Å². The van der Waals surface area contributed by atoms with Crippen molar-refractivity contribution >= 4 is 17.6 Å². The highest BCUT2D eigenvalue weighted by molar-refractivity contribution is 6.31. The minimum atomic E-state index is -0.705. The predicted octanol–water partition coefficient (Wildman–Crippen LogP) is 3.73. The Labute approximate surface area is 119 Å². The fourth-order valence-corrected chi connectivity index (χ4v) is 3.04. The molecule has 0 saturated carbocycles. The summed E-state index contributed by atoms with van der Waals surface area (Å²) in [5.41, 5.74) is 1.21. The Morgan fingerprint density at radius 2 is 2.16 bits per heavy atom. The van der Waals surface area contributed by atoms with Crippen molar-refractivity contribution in [2.75, 3.05) is 13.1 Å². The lowest BCUT2D eigenvalue weighted by molar-refractivity contribution is -0.137. The summed E-state index contributed by atoms with van der Waals surface area (Å²) >= 11 is 6.27. The SMILES string of the molecule is O=C(O)CCCCN1CCCC1c1ccccc1Cl. The second-order valence-corrected chi connectivity index (χ2v) is 5.47. The van der Waals surface area contributed by atoms with Gasteiger partial charge < -0.3 is 5.11 Å². The first kappa shape index (κ1) is 14.4. The fourth-order valence-electron chi connectivity index (χ4n) is 2.78. The van der Waals surface area contributed by atoms with E-state index >= 15 is 0 Å². The average molecular weight is 282 g/mol. The van der Waals surface area contributed by atoms with Gasteiger partial charge in [0.15, 0.2) is 0 Å². The zero-order valence-electron chi connectivity index (χ0n) is 11.0. The molecule has 1 aromatic rings. The highest BCUT2D eigenvalue weighted by atomic mass is 35.5. The van der Waals surface area contributed by atoms with Gasteiger partial charge in [-0.3, -0.25) is 9.69 Å². The van der Waals surface area contributed by atoms with Crippen LogP contribution >= 0.6 is 11.6 Å². The molecule has 1 saturated heterocycles. The molecule has 1 aromatic carbocycles. The molecule has 104 valence electrons. The third-order valence-corrected chi connectivity index (χ3v) is 4.06. The van der Waals surface area contributed by atoms with Gasteiger partial charge in [0.25, 0.3) is 0 Å². The molecule has 2 rings (SSSR count). The second-order valence-electron chi connectivity index (χ2n) is 5.07. The molecule has 1 aliphatic heterocycles. The van der Waals surface area contributed by atoms with Crippen molar-refractivity contribution in [2.24, 2.45) is 0 Å². The number of aliphatic carboxylic acids is 1. The van der Waals surface area contributed by atoms with E-state index < -0.39 is 5.97 Å². The van der Waals surface area contributed by atoms with Crippen LogP contribution in [0.25, 0.3) is 0 Å². The van der Waals surface area contributed by atoms with Crippen molar-refractivity contribution in [1.29, 1.82) is 0 Å². The number of rotatable bonds is 6. The van der Waals surface area contributed by atoms with Crippen LogP contribution < -0.4 is 0 Å². The smallest absolute Gasteiger partial charge is 0.303 e. The van der Waals surface area contributed by atoms with Gasteiger partial charge in [0.2, 0.25) is 0 Å². The maximum absolute atomic E-state index is 10.5. The van der Waals surface area contributed by atoms with Gasteiger partial charge in [-0.15, -0.1) is 0 Å². The van der Waals surface area contributed by atoms with Gasteiger partial charge in [-0.2, -0.15) is 0 Å². The molecule has 0 radical (unpaired) electrons. The standard InChI is InChI=1S/C15H20ClNO2/c16-13-7-2-1-6-12(13)14-8-5-11-17(14)10-4-3-9-15(18)19/h1-2,6-7,14H,3-5,8-11H2,(H,18,19). The van der Waals surface area contributed by atoms with E-state index in [1.165, 1.54) is 12.0 Å². The van der Waals surface area contributed by atoms with Crippen molar-refractivity contribution < 1.29 is 9.90 Å². The van der Waals surface area contributed by atoms with E-state index in [0.29, 0.717) is 6.04 Å². The predicted molar refractivity (Wildman–Crippen MR) is 76.5 cm³/mol. The van der Waals surface area contributed by atoms with Gasteiger partial charge >= 0.3 is 5.97 Å². The number of carboxylic acid groups (broad SMARTS) is 1. The van der Waals surface area contributed by atoms with Crippen LogP contribution in [0.15, 0.2) is 24.3 Å². The highest BCUT2D eigenvalue weighted by Gasteiger charge is 2.26. The van der Waals surface area contributed by atoms with E-state index in [-0.39, 0.29) is 6.42 Å². The van der Waals surface area contributed by atoms with Crippen molar-refractivity contribution in [3.8, 4) is 0 Å². The van der Waals surface area contributed by atoms with E-state index in [9.17, 15) is 4.79 Å². The van der Waals surface area contributed by atoms with Crippen molar-refractivity contribution in [3.63, 3.8) is 0 Å². The Balaban J connectivity index is 1.90. The molecule has 19 heavy (non-hydrogen) atoms. The van der Waals surface area contributed by atoms with Crippen LogP contribution in [0.3, 0.4) is 0 Å². The molecule has 1 fully saturated rings. The summed E-state index contributed by atoms with van der Waals surface area (Å²) in [4.78, 5) is 12.9. The minimum absolute atomic E-state index is 0.268. The molecule has 4 heteroatoms. The normalized spacial score (nSPS) is 19.7. The number of hydrogen-bond acceptors (Lipinski definition) is 2. The molecule has 1 atom stereocenters. The fraction of sp³-hybridized carbons (Fsp3) is 0.533. The Hall–Kier alpha value is -1.06. The van der Waals surface area contributed by atoms with Gasteiger partial charge in [-0.05, 0) is 50.4 Å². The summed E-state index contributed by atoms with van der Waals surface area (Å²) in [6.07, 6.45) is 4.29. The molecule has 0 spiro atoms. The summed E-state index contributed by atoms with van der Waals surface area (Å²) < 4.78 is 0. The van der Waals surface area contributed by atoms with Crippen LogP contribution in [0, 0.1) is 0 Å². The van der Waals surface area contributed by atoms with Gasteiger partial charge in [0, 0.05) is 17.5 Å². The third-order valence-electron chi connectivity index (χ3n) is 3.71. The molecule has 3 nitrogen and oxygen atoms in total. The number of benzene rings is 1. The first-order valence-electron chi connectivity index (χ1n) is 6.89. The van der Waals surface area contributed by atoms with Crippen molar-refractivity contribution in [3.05, 3.63) is 34.9 Å². The topological polar surface area (TPSA) is 40.5 Å². The molecule has 0 bridgehead atoms. The summed E-state index contributed by atoms with van der Waals surface area (Å²) in [7, 11) is 0. The molecule has 0 aromatic heterocycles. The Morgan fingerprint density at radius 3 is 2.89 bits per heavy atom. The minimum Gasteiger partial charge on any atom is -0.481 e. The summed E-state index contributed by atoms with van der Waals surface area (Å²) in [5, 5.41) is 9.48. The number of hydrogen-bond donors (Lipinski definition) is 1. The second kappa shape index (κ2) is 6.92. The number of unbranched alkanes of at least 4 members (excludes halogenated alkanes) is 1. The quantitative estimate of drug-likeness (QED) is 0.808. The van der Waals surface area contributed by atoms with Crippen LogP contribution in [0.1, 0.15) is 43.7 Å². The molecule has 1 heterocycles. The highest BCUT2D eigenvalue weighted by Crippen LogP contribution is 2.35. The van der Waals surface area contributed by atoms with Crippen molar-refractivity contribution in [1.82, 2.24) is 4.90 Å². The van der Waals surface area contributed by atoms with Gasteiger partial charge in [-0.25, -0.2) is 0 Å².